The van der Waals surface area contributed by atoms with Gasteiger partial charge in [0.15, 0.2) is 0 Å². The van der Waals surface area contributed by atoms with E-state index in [1.54, 1.807) is 25.3 Å². The molecule has 7 heteroatoms. The second-order valence-corrected chi connectivity index (χ2v) is 6.08. The van der Waals surface area contributed by atoms with Crippen LogP contribution in [0.2, 0.25) is 0 Å². The minimum Gasteiger partial charge on any atom is -0.385 e. The Morgan fingerprint density at radius 2 is 2.17 bits per heavy atom. The van der Waals surface area contributed by atoms with Crippen LogP contribution in [-0.2, 0) is 16.6 Å². The third-order valence-electron chi connectivity index (χ3n) is 3.32. The minimum atomic E-state index is -0.322. The molecule has 0 aliphatic carbocycles. The first kappa shape index (κ1) is 18.0. The van der Waals surface area contributed by atoms with Crippen LogP contribution in [0, 0.1) is 0 Å². The zero-order valence-corrected chi connectivity index (χ0v) is 14.6. The van der Waals surface area contributed by atoms with Gasteiger partial charge >= 0.3 is 0 Å². The molecule has 6 nitrogen and oxygen atoms in total. The molecule has 128 valence electrons. The number of aryl methyl sites for hydroxylation is 1. The number of hydrogen-bond acceptors (Lipinski definition) is 4. The Balaban J connectivity index is 2.12. The quantitative estimate of drug-likeness (QED) is 0.567. The fourth-order valence-corrected chi connectivity index (χ4v) is 2.65. The minimum absolute atomic E-state index is 0.215. The molecule has 0 unspecified atom stereocenters. The molecule has 0 saturated heterocycles. The van der Waals surface area contributed by atoms with Gasteiger partial charge in [-0.05, 0) is 36.1 Å². The van der Waals surface area contributed by atoms with Crippen LogP contribution >= 0.6 is 11.3 Å². The number of carbonyl (C=O) groups is 2. The van der Waals surface area contributed by atoms with Crippen LogP contribution in [0.15, 0.2) is 41.5 Å². The third kappa shape index (κ3) is 5.07. The van der Waals surface area contributed by atoms with Gasteiger partial charge in [0.1, 0.15) is 5.70 Å². The predicted molar refractivity (Wildman–Crippen MR) is 94.7 cm³/mol. The van der Waals surface area contributed by atoms with Crippen LogP contribution in [0.1, 0.15) is 21.8 Å². The lowest BCUT2D eigenvalue weighted by molar-refractivity contribution is -0.117. The van der Waals surface area contributed by atoms with Gasteiger partial charge in [-0.2, -0.15) is 0 Å². The molecule has 2 rings (SSSR count). The van der Waals surface area contributed by atoms with Crippen LogP contribution in [0.3, 0.4) is 0 Å². The van der Waals surface area contributed by atoms with Gasteiger partial charge in [0.2, 0.25) is 0 Å². The van der Waals surface area contributed by atoms with Gasteiger partial charge in [-0.1, -0.05) is 6.07 Å². The first-order valence-corrected chi connectivity index (χ1v) is 8.45. The van der Waals surface area contributed by atoms with Crippen molar-refractivity contribution < 1.29 is 14.3 Å². The maximum Gasteiger partial charge on any atom is 0.267 e. The highest BCUT2D eigenvalue weighted by molar-refractivity contribution is 7.12. The number of aromatic nitrogens is 1. The first-order chi connectivity index (χ1) is 11.6. The molecule has 0 fully saturated rings. The van der Waals surface area contributed by atoms with Crippen molar-refractivity contribution in [3.05, 3.63) is 52.1 Å². The maximum atomic E-state index is 12.4. The molecule has 0 atom stereocenters. The van der Waals surface area contributed by atoms with Crippen LogP contribution in [0.5, 0.6) is 0 Å². The summed E-state index contributed by atoms with van der Waals surface area (Å²) >= 11 is 1.33. The zero-order chi connectivity index (χ0) is 17.4. The topological polar surface area (TPSA) is 72.4 Å². The first-order valence-electron chi connectivity index (χ1n) is 7.57. The van der Waals surface area contributed by atoms with E-state index in [0.717, 1.165) is 5.69 Å². The zero-order valence-electron chi connectivity index (χ0n) is 13.7. The molecule has 2 N–H and O–H groups in total. The van der Waals surface area contributed by atoms with E-state index in [0.29, 0.717) is 24.4 Å². The van der Waals surface area contributed by atoms with Crippen LogP contribution in [-0.4, -0.2) is 36.6 Å². The molecule has 0 radical (unpaired) electrons. The van der Waals surface area contributed by atoms with E-state index in [9.17, 15) is 9.59 Å². The van der Waals surface area contributed by atoms with Crippen molar-refractivity contribution >= 4 is 29.2 Å². The van der Waals surface area contributed by atoms with E-state index in [1.807, 2.05) is 35.3 Å². The van der Waals surface area contributed by atoms with Gasteiger partial charge in [-0.25, -0.2) is 0 Å². The SMILES string of the molecule is COCCCNC(=O)/C(=C\c1cccn1C)NC(=O)c1cccs1. The summed E-state index contributed by atoms with van der Waals surface area (Å²) in [6.45, 7) is 1.05. The number of nitrogens with one attached hydrogen (secondary N) is 2. The summed E-state index contributed by atoms with van der Waals surface area (Å²) in [7, 11) is 3.49. The second kappa shape index (κ2) is 9.05. The molecular weight excluding hydrogens is 326 g/mol. The summed E-state index contributed by atoms with van der Waals surface area (Å²) in [5.74, 6) is -0.616. The Morgan fingerprint density at radius 1 is 1.33 bits per heavy atom. The Hall–Kier alpha value is -2.38. The van der Waals surface area contributed by atoms with E-state index in [-0.39, 0.29) is 17.5 Å². The number of rotatable bonds is 8. The number of carbonyl (C=O) groups excluding carboxylic acids is 2. The summed E-state index contributed by atoms with van der Waals surface area (Å²) in [5, 5.41) is 7.31. The number of methoxy groups -OCH3 is 1. The maximum absolute atomic E-state index is 12.4. The molecule has 2 heterocycles. The van der Waals surface area contributed by atoms with E-state index < -0.39 is 0 Å². The highest BCUT2D eigenvalue weighted by Gasteiger charge is 2.15. The molecule has 0 aliphatic rings. The molecule has 2 aromatic rings. The summed E-state index contributed by atoms with van der Waals surface area (Å²) in [5.41, 5.74) is 1.04. The Labute approximate surface area is 145 Å². The van der Waals surface area contributed by atoms with Crippen molar-refractivity contribution in [3.63, 3.8) is 0 Å². The van der Waals surface area contributed by atoms with Crippen molar-refractivity contribution in [2.24, 2.45) is 7.05 Å². The number of nitrogens with zero attached hydrogens (tertiary/aromatic N) is 1. The molecule has 0 bridgehead atoms. The normalized spacial score (nSPS) is 11.3. The summed E-state index contributed by atoms with van der Waals surface area (Å²) in [6, 6.07) is 7.26. The molecule has 24 heavy (non-hydrogen) atoms. The van der Waals surface area contributed by atoms with E-state index in [2.05, 4.69) is 10.6 Å². The van der Waals surface area contributed by atoms with Gasteiger partial charge in [-0.15, -0.1) is 11.3 Å². The lowest BCUT2D eigenvalue weighted by Gasteiger charge is -2.11. The summed E-state index contributed by atoms with van der Waals surface area (Å²) < 4.78 is 6.83. The standard InChI is InChI=1S/C17H21N3O3S/c1-20-9-3-6-13(20)12-14(16(21)18-8-5-10-23-2)19-17(22)15-7-4-11-24-15/h3-4,6-7,9,11-12H,5,8,10H2,1-2H3,(H,18,21)(H,19,22)/b14-12+. The average molecular weight is 347 g/mol. The van der Waals surface area contributed by atoms with Crippen molar-refractivity contribution in [1.82, 2.24) is 15.2 Å². The predicted octanol–water partition coefficient (Wildman–Crippen LogP) is 2.01. The Kier molecular flexibility index (Phi) is 6.77. The molecule has 0 aliphatic heterocycles. The highest BCUT2D eigenvalue weighted by atomic mass is 32.1. The van der Waals surface area contributed by atoms with Crippen molar-refractivity contribution in [2.45, 2.75) is 6.42 Å². The Morgan fingerprint density at radius 3 is 2.79 bits per heavy atom. The second-order valence-electron chi connectivity index (χ2n) is 5.14. The number of ether oxygens (including phenoxy) is 1. The smallest absolute Gasteiger partial charge is 0.267 e. The fraction of sp³-hybridized carbons (Fsp3) is 0.294. The monoisotopic (exact) mass is 347 g/mol. The molecular formula is C17H21N3O3S. The molecule has 0 spiro atoms. The van der Waals surface area contributed by atoms with E-state index in [1.165, 1.54) is 11.3 Å². The van der Waals surface area contributed by atoms with Crippen molar-refractivity contribution in [1.29, 1.82) is 0 Å². The highest BCUT2D eigenvalue weighted by Crippen LogP contribution is 2.11. The van der Waals surface area contributed by atoms with Crippen LogP contribution < -0.4 is 10.6 Å². The lowest BCUT2D eigenvalue weighted by Crippen LogP contribution is -2.35. The number of amides is 2. The van der Waals surface area contributed by atoms with Crippen LogP contribution in [0.4, 0.5) is 0 Å². The number of thiophene rings is 1. The molecule has 0 aromatic carbocycles. The van der Waals surface area contributed by atoms with Gasteiger partial charge in [0, 0.05) is 39.2 Å². The van der Waals surface area contributed by atoms with Crippen LogP contribution in [0.25, 0.3) is 6.08 Å². The van der Waals surface area contributed by atoms with Gasteiger partial charge < -0.3 is 19.9 Å². The Bertz CT molecular complexity index is 704. The molecule has 2 amide bonds. The van der Waals surface area contributed by atoms with Gasteiger partial charge in [0.05, 0.1) is 4.88 Å². The van der Waals surface area contributed by atoms with Crippen molar-refractivity contribution in [3.8, 4) is 0 Å². The summed E-state index contributed by atoms with van der Waals surface area (Å²) in [6.07, 6.45) is 4.25. The van der Waals surface area contributed by atoms with Gasteiger partial charge in [0.25, 0.3) is 11.8 Å². The summed E-state index contributed by atoms with van der Waals surface area (Å²) in [4.78, 5) is 25.2. The fourth-order valence-electron chi connectivity index (χ4n) is 2.04. The lowest BCUT2D eigenvalue weighted by atomic mass is 10.2. The number of hydrogen-bond donors (Lipinski definition) is 2. The van der Waals surface area contributed by atoms with Gasteiger partial charge in [-0.3, -0.25) is 9.59 Å². The largest absolute Gasteiger partial charge is 0.385 e. The van der Waals surface area contributed by atoms with E-state index >= 15 is 0 Å². The third-order valence-corrected chi connectivity index (χ3v) is 4.19. The van der Waals surface area contributed by atoms with E-state index in [4.69, 9.17) is 4.74 Å². The average Bonchev–Trinajstić information content (AvgIpc) is 3.23. The van der Waals surface area contributed by atoms with Crippen molar-refractivity contribution in [2.75, 3.05) is 20.3 Å². The molecule has 0 saturated carbocycles. The molecule has 2 aromatic heterocycles.